The van der Waals surface area contributed by atoms with Crippen LogP contribution in [0.25, 0.3) is 0 Å². The van der Waals surface area contributed by atoms with E-state index in [2.05, 4.69) is 23.5 Å². The summed E-state index contributed by atoms with van der Waals surface area (Å²) in [6.45, 7) is 4.86. The average molecular weight is 188 g/mol. The summed E-state index contributed by atoms with van der Waals surface area (Å²) in [6, 6.07) is 12.3. The van der Waals surface area contributed by atoms with E-state index in [4.69, 9.17) is 5.26 Å². The van der Waals surface area contributed by atoms with Gasteiger partial charge in [-0.15, -0.1) is 0 Å². The van der Waals surface area contributed by atoms with Crippen LogP contribution in [0, 0.1) is 17.2 Å². The van der Waals surface area contributed by atoms with Crippen molar-refractivity contribution in [3.05, 3.63) is 35.9 Å². The van der Waals surface area contributed by atoms with Crippen molar-refractivity contribution in [2.45, 2.75) is 26.4 Å². The van der Waals surface area contributed by atoms with Crippen LogP contribution in [-0.2, 0) is 6.54 Å². The first kappa shape index (κ1) is 10.7. The molecule has 0 radical (unpaired) electrons. The van der Waals surface area contributed by atoms with Crippen molar-refractivity contribution in [2.75, 3.05) is 0 Å². The minimum Gasteiger partial charge on any atom is -0.298 e. The Morgan fingerprint density at radius 1 is 1.29 bits per heavy atom. The molecule has 2 nitrogen and oxygen atoms in total. The first-order valence-corrected chi connectivity index (χ1v) is 4.91. The molecular formula is C12H16N2. The molecule has 0 amide bonds. The summed E-state index contributed by atoms with van der Waals surface area (Å²) >= 11 is 0. The molecule has 0 fully saturated rings. The van der Waals surface area contributed by atoms with Gasteiger partial charge in [0, 0.05) is 6.54 Å². The van der Waals surface area contributed by atoms with Gasteiger partial charge in [-0.1, -0.05) is 44.2 Å². The number of nitrogens with zero attached hydrogens (tertiary/aromatic N) is 1. The summed E-state index contributed by atoms with van der Waals surface area (Å²) < 4.78 is 0. The second-order valence-electron chi connectivity index (χ2n) is 3.72. The Morgan fingerprint density at radius 3 is 2.43 bits per heavy atom. The predicted octanol–water partition coefficient (Wildman–Crippen LogP) is 2.32. The van der Waals surface area contributed by atoms with Gasteiger partial charge in [-0.05, 0) is 11.5 Å². The van der Waals surface area contributed by atoms with Gasteiger partial charge in [0.05, 0.1) is 12.1 Å². The molecule has 1 rings (SSSR count). The van der Waals surface area contributed by atoms with Crippen LogP contribution in [0.4, 0.5) is 0 Å². The molecule has 0 spiro atoms. The predicted molar refractivity (Wildman–Crippen MR) is 57.5 cm³/mol. The van der Waals surface area contributed by atoms with Gasteiger partial charge in [0.2, 0.25) is 0 Å². The van der Waals surface area contributed by atoms with Crippen LogP contribution in [0.5, 0.6) is 0 Å². The van der Waals surface area contributed by atoms with Gasteiger partial charge < -0.3 is 0 Å². The normalized spacial score (nSPS) is 12.4. The molecule has 1 aromatic carbocycles. The summed E-state index contributed by atoms with van der Waals surface area (Å²) in [4.78, 5) is 0. The maximum atomic E-state index is 8.86. The zero-order valence-electron chi connectivity index (χ0n) is 8.70. The summed E-state index contributed by atoms with van der Waals surface area (Å²) in [7, 11) is 0. The Labute approximate surface area is 85.6 Å². The highest BCUT2D eigenvalue weighted by molar-refractivity contribution is 5.14. The van der Waals surface area contributed by atoms with Crippen molar-refractivity contribution in [1.29, 1.82) is 5.26 Å². The van der Waals surface area contributed by atoms with Crippen molar-refractivity contribution in [1.82, 2.24) is 5.32 Å². The van der Waals surface area contributed by atoms with Crippen LogP contribution in [-0.4, -0.2) is 6.04 Å². The minimum absolute atomic E-state index is 0.0600. The van der Waals surface area contributed by atoms with E-state index in [1.807, 2.05) is 32.0 Å². The fraction of sp³-hybridized carbons (Fsp3) is 0.417. The van der Waals surface area contributed by atoms with Crippen molar-refractivity contribution in [2.24, 2.45) is 5.92 Å². The average Bonchev–Trinajstić information content (AvgIpc) is 2.20. The van der Waals surface area contributed by atoms with Gasteiger partial charge in [0.25, 0.3) is 0 Å². The van der Waals surface area contributed by atoms with E-state index in [0.29, 0.717) is 5.92 Å². The zero-order chi connectivity index (χ0) is 10.4. The van der Waals surface area contributed by atoms with Crippen LogP contribution in [0.1, 0.15) is 19.4 Å². The van der Waals surface area contributed by atoms with Crippen molar-refractivity contribution in [3.63, 3.8) is 0 Å². The van der Waals surface area contributed by atoms with Crippen LogP contribution >= 0.6 is 0 Å². The second kappa shape index (κ2) is 5.41. The monoisotopic (exact) mass is 188 g/mol. The maximum Gasteiger partial charge on any atom is 0.0978 e. The third-order valence-corrected chi connectivity index (χ3v) is 2.17. The lowest BCUT2D eigenvalue weighted by Gasteiger charge is -2.14. The molecule has 0 bridgehead atoms. The first-order chi connectivity index (χ1) is 6.74. The van der Waals surface area contributed by atoms with E-state index in [1.165, 1.54) is 5.56 Å². The Kier molecular flexibility index (Phi) is 4.15. The van der Waals surface area contributed by atoms with Gasteiger partial charge in [0.1, 0.15) is 0 Å². The van der Waals surface area contributed by atoms with Gasteiger partial charge in [-0.2, -0.15) is 5.26 Å². The minimum atomic E-state index is -0.0600. The molecule has 0 aromatic heterocycles. The number of nitrogens with one attached hydrogen (secondary N) is 1. The largest absolute Gasteiger partial charge is 0.298 e. The van der Waals surface area contributed by atoms with E-state index >= 15 is 0 Å². The molecule has 1 atom stereocenters. The van der Waals surface area contributed by atoms with Crippen molar-refractivity contribution >= 4 is 0 Å². The first-order valence-electron chi connectivity index (χ1n) is 4.91. The Hall–Kier alpha value is -1.33. The van der Waals surface area contributed by atoms with Crippen LogP contribution in [0.2, 0.25) is 0 Å². The molecule has 0 aliphatic heterocycles. The fourth-order valence-corrected chi connectivity index (χ4v) is 1.25. The highest BCUT2D eigenvalue weighted by Gasteiger charge is 2.10. The number of rotatable bonds is 4. The van der Waals surface area contributed by atoms with Crippen LogP contribution in [0.3, 0.4) is 0 Å². The van der Waals surface area contributed by atoms with Gasteiger partial charge >= 0.3 is 0 Å². The quantitative estimate of drug-likeness (QED) is 0.787. The molecule has 2 heteroatoms. The maximum absolute atomic E-state index is 8.86. The molecule has 1 aromatic rings. The summed E-state index contributed by atoms with van der Waals surface area (Å²) in [5.41, 5.74) is 1.22. The fourth-order valence-electron chi connectivity index (χ4n) is 1.25. The third-order valence-electron chi connectivity index (χ3n) is 2.17. The highest BCUT2D eigenvalue weighted by Crippen LogP contribution is 2.03. The van der Waals surface area contributed by atoms with Gasteiger partial charge in [0.15, 0.2) is 0 Å². The topological polar surface area (TPSA) is 35.8 Å². The van der Waals surface area contributed by atoms with Crippen LogP contribution < -0.4 is 5.32 Å². The lowest BCUT2D eigenvalue weighted by molar-refractivity contribution is 0.472. The van der Waals surface area contributed by atoms with Gasteiger partial charge in [-0.3, -0.25) is 5.32 Å². The SMILES string of the molecule is CC(C)C(C#N)NCc1ccccc1. The molecule has 0 saturated carbocycles. The molecule has 1 unspecified atom stereocenters. The smallest absolute Gasteiger partial charge is 0.0978 e. The Balaban J connectivity index is 2.45. The Bertz CT molecular complexity index is 298. The van der Waals surface area contributed by atoms with E-state index < -0.39 is 0 Å². The zero-order valence-corrected chi connectivity index (χ0v) is 8.70. The molecule has 0 aliphatic carbocycles. The molecule has 74 valence electrons. The van der Waals surface area contributed by atoms with E-state index in [1.54, 1.807) is 0 Å². The summed E-state index contributed by atoms with van der Waals surface area (Å²) in [5.74, 6) is 0.351. The molecular weight excluding hydrogens is 172 g/mol. The summed E-state index contributed by atoms with van der Waals surface area (Å²) in [5, 5.41) is 12.1. The lowest BCUT2D eigenvalue weighted by Crippen LogP contribution is -2.31. The summed E-state index contributed by atoms with van der Waals surface area (Å²) in [6.07, 6.45) is 0. The molecule has 0 heterocycles. The number of hydrogen-bond donors (Lipinski definition) is 1. The van der Waals surface area contributed by atoms with E-state index in [-0.39, 0.29) is 6.04 Å². The van der Waals surface area contributed by atoms with E-state index in [9.17, 15) is 0 Å². The second-order valence-corrected chi connectivity index (χ2v) is 3.72. The molecule has 0 saturated heterocycles. The number of hydrogen-bond acceptors (Lipinski definition) is 2. The molecule has 14 heavy (non-hydrogen) atoms. The molecule has 0 aliphatic rings. The van der Waals surface area contributed by atoms with Crippen molar-refractivity contribution < 1.29 is 0 Å². The standard InChI is InChI=1S/C12H16N2/c1-10(2)12(8-13)14-9-11-6-4-3-5-7-11/h3-7,10,12,14H,9H2,1-2H3. The highest BCUT2D eigenvalue weighted by atomic mass is 14.9. The number of nitriles is 1. The molecule has 1 N–H and O–H groups in total. The van der Waals surface area contributed by atoms with E-state index in [0.717, 1.165) is 6.54 Å². The van der Waals surface area contributed by atoms with Crippen molar-refractivity contribution in [3.8, 4) is 6.07 Å². The Morgan fingerprint density at radius 2 is 1.93 bits per heavy atom. The third kappa shape index (κ3) is 3.20. The lowest BCUT2D eigenvalue weighted by atomic mass is 10.1. The van der Waals surface area contributed by atoms with Gasteiger partial charge in [-0.25, -0.2) is 0 Å². The number of benzene rings is 1. The van der Waals surface area contributed by atoms with Crippen LogP contribution in [0.15, 0.2) is 30.3 Å².